The van der Waals surface area contributed by atoms with Crippen molar-refractivity contribution in [3.63, 3.8) is 0 Å². The molecule has 0 unspecified atom stereocenters. The molecule has 80 valence electrons. The van der Waals surface area contributed by atoms with Gasteiger partial charge in [0.15, 0.2) is 10.8 Å². The van der Waals surface area contributed by atoms with E-state index < -0.39 is 17.0 Å². The molecule has 1 heterocycles. The normalized spacial score (nSPS) is 10.4. The van der Waals surface area contributed by atoms with Crippen LogP contribution >= 0.6 is 11.3 Å². The number of thiazole rings is 1. The van der Waals surface area contributed by atoms with Gasteiger partial charge < -0.3 is 0 Å². The van der Waals surface area contributed by atoms with E-state index in [1.165, 1.54) is 6.92 Å². The Hall–Kier alpha value is -0.910. The van der Waals surface area contributed by atoms with Crippen LogP contribution in [0.15, 0.2) is 6.20 Å². The smallest absolute Gasteiger partial charge is 0.294 e. The summed E-state index contributed by atoms with van der Waals surface area (Å²) < 4.78 is 35.7. The van der Waals surface area contributed by atoms with Gasteiger partial charge in [-0.3, -0.25) is 4.79 Å². The lowest BCUT2D eigenvalue weighted by Gasteiger charge is -1.98. The van der Waals surface area contributed by atoms with Crippen LogP contribution in [0.4, 0.5) is 13.2 Å². The molecule has 0 saturated carbocycles. The summed E-state index contributed by atoms with van der Waals surface area (Å²) in [6, 6.07) is 0. The first-order valence-electron chi connectivity index (χ1n) is 3.95. The van der Waals surface area contributed by atoms with Crippen molar-refractivity contribution in [2.45, 2.75) is 26.9 Å². The maximum absolute atomic E-state index is 11.9. The highest BCUT2D eigenvalue weighted by Gasteiger charge is 2.34. The Morgan fingerprint density at radius 1 is 1.43 bits per heavy atom. The van der Waals surface area contributed by atoms with E-state index in [-0.39, 0.29) is 4.88 Å². The summed E-state index contributed by atoms with van der Waals surface area (Å²) in [5.41, 5.74) is 0. The summed E-state index contributed by atoms with van der Waals surface area (Å²) in [5.74, 6) is -0.400. The molecule has 0 radical (unpaired) electrons. The minimum absolute atomic E-state index is 0.0299. The molecule has 0 aliphatic carbocycles. The summed E-state index contributed by atoms with van der Waals surface area (Å²) in [4.78, 5) is 13.7. The van der Waals surface area contributed by atoms with E-state index in [0.717, 1.165) is 6.20 Å². The van der Waals surface area contributed by atoms with Crippen molar-refractivity contribution in [1.29, 1.82) is 0 Å². The molecule has 0 saturated heterocycles. The molecule has 0 spiro atoms. The molecular formula is C8H10F3NOS. The molecule has 14 heavy (non-hydrogen) atoms. The largest absolute Gasteiger partial charge is 0.443 e. The highest BCUT2D eigenvalue weighted by molar-refractivity contribution is 7.13. The number of rotatable bonds is 1. The fraction of sp³-hybridized carbons (Fsp3) is 0.500. The third-order valence-corrected chi connectivity index (χ3v) is 2.24. The lowest BCUT2D eigenvalue weighted by Crippen LogP contribution is -2.02. The SMILES string of the molecule is CC.CC(=O)c1cnc(C(F)(F)F)s1. The number of nitrogens with zero attached hydrogens (tertiary/aromatic N) is 1. The van der Waals surface area contributed by atoms with Gasteiger partial charge in [0.25, 0.3) is 0 Å². The van der Waals surface area contributed by atoms with E-state index in [0.29, 0.717) is 11.3 Å². The van der Waals surface area contributed by atoms with Gasteiger partial charge >= 0.3 is 6.18 Å². The van der Waals surface area contributed by atoms with Crippen molar-refractivity contribution in [2.75, 3.05) is 0 Å². The van der Waals surface area contributed by atoms with Crippen LogP contribution in [0.25, 0.3) is 0 Å². The predicted molar refractivity (Wildman–Crippen MR) is 48.5 cm³/mol. The number of Topliss-reactive ketones (excluding diaryl/α,β-unsaturated/α-hetero) is 1. The Balaban J connectivity index is 0.000000791. The Labute approximate surface area is 83.8 Å². The Kier molecular flexibility index (Phi) is 4.76. The monoisotopic (exact) mass is 225 g/mol. The van der Waals surface area contributed by atoms with E-state index in [9.17, 15) is 18.0 Å². The molecule has 1 aromatic rings. The van der Waals surface area contributed by atoms with Gasteiger partial charge in [0, 0.05) is 13.1 Å². The first-order chi connectivity index (χ1) is 6.41. The molecule has 0 aromatic carbocycles. The number of hydrogen-bond donors (Lipinski definition) is 0. The molecule has 0 N–H and O–H groups in total. The zero-order chi connectivity index (χ0) is 11.4. The van der Waals surface area contributed by atoms with Crippen molar-refractivity contribution in [1.82, 2.24) is 4.98 Å². The standard InChI is InChI=1S/C6H4F3NOS.C2H6/c1-3(11)4-2-10-5(12-4)6(7,8)9;1-2/h2H,1H3;1-2H3. The number of carbonyl (C=O) groups excluding carboxylic acids is 1. The fourth-order valence-electron chi connectivity index (χ4n) is 0.568. The number of alkyl halides is 3. The molecule has 0 atom stereocenters. The average Bonchev–Trinajstić information content (AvgIpc) is 2.54. The van der Waals surface area contributed by atoms with Gasteiger partial charge in [-0.05, 0) is 0 Å². The van der Waals surface area contributed by atoms with Crippen LogP contribution in [0, 0.1) is 0 Å². The minimum Gasteiger partial charge on any atom is -0.294 e. The van der Waals surface area contributed by atoms with Crippen LogP contribution in [0.3, 0.4) is 0 Å². The zero-order valence-corrected chi connectivity index (χ0v) is 8.79. The summed E-state index contributed by atoms with van der Waals surface area (Å²) in [6.07, 6.45) is -3.51. The number of halogens is 3. The summed E-state index contributed by atoms with van der Waals surface area (Å²) in [7, 11) is 0. The Morgan fingerprint density at radius 2 is 1.93 bits per heavy atom. The average molecular weight is 225 g/mol. The van der Waals surface area contributed by atoms with E-state index in [1.54, 1.807) is 0 Å². The third kappa shape index (κ3) is 3.45. The van der Waals surface area contributed by atoms with Crippen LogP contribution in [-0.4, -0.2) is 10.8 Å². The van der Waals surface area contributed by atoms with Crippen molar-refractivity contribution < 1.29 is 18.0 Å². The Morgan fingerprint density at radius 3 is 2.14 bits per heavy atom. The molecule has 6 heteroatoms. The second-order valence-corrected chi connectivity index (χ2v) is 3.11. The van der Waals surface area contributed by atoms with E-state index >= 15 is 0 Å². The quantitative estimate of drug-likeness (QED) is 0.686. The summed E-state index contributed by atoms with van der Waals surface area (Å²) in [6.45, 7) is 5.20. The van der Waals surface area contributed by atoms with Crippen molar-refractivity contribution in [3.8, 4) is 0 Å². The maximum Gasteiger partial charge on any atom is 0.443 e. The summed E-state index contributed by atoms with van der Waals surface area (Å²) in [5, 5.41) is -0.979. The second-order valence-electron chi connectivity index (χ2n) is 2.08. The third-order valence-electron chi connectivity index (χ3n) is 1.10. The van der Waals surface area contributed by atoms with Crippen molar-refractivity contribution in [3.05, 3.63) is 16.1 Å². The van der Waals surface area contributed by atoms with Crippen molar-refractivity contribution in [2.24, 2.45) is 0 Å². The summed E-state index contributed by atoms with van der Waals surface area (Å²) >= 11 is 0.362. The fourth-order valence-corrected chi connectivity index (χ4v) is 1.25. The van der Waals surface area contributed by atoms with Crippen molar-refractivity contribution >= 4 is 17.1 Å². The Bertz CT molecular complexity index is 306. The molecule has 0 bridgehead atoms. The molecular weight excluding hydrogens is 215 g/mol. The maximum atomic E-state index is 11.9. The molecule has 2 nitrogen and oxygen atoms in total. The molecule has 0 aliphatic rings. The van der Waals surface area contributed by atoms with Crippen LogP contribution < -0.4 is 0 Å². The lowest BCUT2D eigenvalue weighted by molar-refractivity contribution is -0.137. The van der Waals surface area contributed by atoms with Gasteiger partial charge in [-0.2, -0.15) is 13.2 Å². The molecule has 0 amide bonds. The zero-order valence-electron chi connectivity index (χ0n) is 7.97. The number of hydrogen-bond acceptors (Lipinski definition) is 3. The molecule has 0 fully saturated rings. The van der Waals surface area contributed by atoms with E-state index in [2.05, 4.69) is 4.98 Å². The second kappa shape index (κ2) is 5.09. The number of ketones is 1. The van der Waals surface area contributed by atoms with Gasteiger partial charge in [0.2, 0.25) is 0 Å². The van der Waals surface area contributed by atoms with E-state index in [1.807, 2.05) is 13.8 Å². The van der Waals surface area contributed by atoms with Gasteiger partial charge in [0.05, 0.1) is 4.88 Å². The van der Waals surface area contributed by atoms with Crippen LogP contribution in [0.5, 0.6) is 0 Å². The number of carbonyl (C=O) groups is 1. The van der Waals surface area contributed by atoms with Gasteiger partial charge in [-0.25, -0.2) is 4.98 Å². The molecule has 0 aliphatic heterocycles. The topological polar surface area (TPSA) is 30.0 Å². The number of aromatic nitrogens is 1. The highest BCUT2D eigenvalue weighted by Crippen LogP contribution is 2.32. The minimum atomic E-state index is -4.45. The van der Waals surface area contributed by atoms with Gasteiger partial charge in [-0.1, -0.05) is 13.8 Å². The lowest BCUT2D eigenvalue weighted by atomic mass is 10.4. The highest BCUT2D eigenvalue weighted by atomic mass is 32.1. The predicted octanol–water partition coefficient (Wildman–Crippen LogP) is 3.39. The van der Waals surface area contributed by atoms with Gasteiger partial charge in [-0.15, -0.1) is 11.3 Å². The molecule has 1 aromatic heterocycles. The first kappa shape index (κ1) is 13.1. The van der Waals surface area contributed by atoms with Crippen LogP contribution in [0.1, 0.15) is 35.5 Å². The van der Waals surface area contributed by atoms with E-state index in [4.69, 9.17) is 0 Å². The van der Waals surface area contributed by atoms with Crippen LogP contribution in [0.2, 0.25) is 0 Å². The molecule has 1 rings (SSSR count). The van der Waals surface area contributed by atoms with Gasteiger partial charge in [0.1, 0.15) is 0 Å². The van der Waals surface area contributed by atoms with Crippen LogP contribution in [-0.2, 0) is 6.18 Å². The first-order valence-corrected chi connectivity index (χ1v) is 4.77.